The zero-order chi connectivity index (χ0) is 13.0. The number of ether oxygens (including phenoxy) is 1. The number of β-amino-alcohol motifs (C(OH)–C–C–N with tert-alkyl or cyclic N) is 1. The predicted octanol–water partition coefficient (Wildman–Crippen LogP) is -0.927. The van der Waals surface area contributed by atoms with Crippen LogP contribution in [0.1, 0.15) is 13.3 Å². The molecule has 0 aromatic carbocycles. The van der Waals surface area contributed by atoms with Gasteiger partial charge >= 0.3 is 11.9 Å². The SMILES string of the molecule is CCOC(=O)C(=O)N1CC(O)CC1CN(C)C. The van der Waals surface area contributed by atoms with Crippen LogP contribution in [0, 0.1) is 0 Å². The average molecular weight is 244 g/mol. The maximum atomic E-state index is 11.8. The molecule has 0 aliphatic carbocycles. The van der Waals surface area contributed by atoms with Crippen LogP contribution >= 0.6 is 0 Å². The number of nitrogens with zero attached hydrogens (tertiary/aromatic N) is 2. The lowest BCUT2D eigenvalue weighted by molar-refractivity contribution is -0.160. The van der Waals surface area contributed by atoms with Crippen LogP contribution in [-0.2, 0) is 14.3 Å². The summed E-state index contributed by atoms with van der Waals surface area (Å²) < 4.78 is 4.68. The monoisotopic (exact) mass is 244 g/mol. The number of rotatable bonds is 3. The zero-order valence-electron chi connectivity index (χ0n) is 10.5. The number of carbonyl (C=O) groups is 2. The third-order valence-electron chi connectivity index (χ3n) is 2.68. The molecule has 2 atom stereocenters. The van der Waals surface area contributed by atoms with Crippen molar-refractivity contribution in [2.75, 3.05) is 33.8 Å². The van der Waals surface area contributed by atoms with Crippen molar-refractivity contribution in [1.29, 1.82) is 0 Å². The number of aliphatic hydroxyl groups is 1. The van der Waals surface area contributed by atoms with Gasteiger partial charge in [-0.2, -0.15) is 0 Å². The maximum absolute atomic E-state index is 11.8. The Labute approximate surface area is 101 Å². The van der Waals surface area contributed by atoms with E-state index in [-0.39, 0.29) is 19.2 Å². The third kappa shape index (κ3) is 3.67. The number of aliphatic hydroxyl groups excluding tert-OH is 1. The van der Waals surface area contributed by atoms with Crippen molar-refractivity contribution >= 4 is 11.9 Å². The van der Waals surface area contributed by atoms with Crippen LogP contribution in [0.15, 0.2) is 0 Å². The highest BCUT2D eigenvalue weighted by atomic mass is 16.5. The molecule has 2 unspecified atom stereocenters. The Hall–Kier alpha value is -1.14. The molecule has 0 aromatic rings. The molecule has 1 N–H and O–H groups in total. The van der Waals surface area contributed by atoms with E-state index in [1.54, 1.807) is 6.92 Å². The van der Waals surface area contributed by atoms with Gasteiger partial charge in [0.25, 0.3) is 0 Å². The van der Waals surface area contributed by atoms with E-state index in [1.807, 2.05) is 19.0 Å². The van der Waals surface area contributed by atoms with Gasteiger partial charge in [0.2, 0.25) is 0 Å². The van der Waals surface area contributed by atoms with E-state index in [2.05, 4.69) is 4.74 Å². The van der Waals surface area contributed by atoms with Gasteiger partial charge in [-0.05, 0) is 27.4 Å². The van der Waals surface area contributed by atoms with Crippen LogP contribution in [0.4, 0.5) is 0 Å². The molecule has 0 bridgehead atoms. The Morgan fingerprint density at radius 2 is 2.12 bits per heavy atom. The Balaban J connectivity index is 2.66. The minimum Gasteiger partial charge on any atom is -0.459 e. The summed E-state index contributed by atoms with van der Waals surface area (Å²) in [6.07, 6.45) is -0.0538. The van der Waals surface area contributed by atoms with Gasteiger partial charge in [0.15, 0.2) is 0 Å². The second-order valence-electron chi connectivity index (χ2n) is 4.48. The van der Waals surface area contributed by atoms with E-state index in [0.29, 0.717) is 13.0 Å². The average Bonchev–Trinajstić information content (AvgIpc) is 2.57. The Kier molecular flexibility index (Phi) is 4.89. The van der Waals surface area contributed by atoms with Crippen LogP contribution in [0.3, 0.4) is 0 Å². The number of likely N-dealkylation sites (tertiary alicyclic amines) is 1. The van der Waals surface area contributed by atoms with E-state index in [4.69, 9.17) is 0 Å². The van der Waals surface area contributed by atoms with E-state index in [0.717, 1.165) is 0 Å². The molecular weight excluding hydrogens is 224 g/mol. The lowest BCUT2D eigenvalue weighted by Gasteiger charge is -2.25. The van der Waals surface area contributed by atoms with E-state index < -0.39 is 18.0 Å². The molecule has 0 spiro atoms. The van der Waals surface area contributed by atoms with E-state index >= 15 is 0 Å². The molecule has 1 aliphatic rings. The fraction of sp³-hybridized carbons (Fsp3) is 0.818. The van der Waals surface area contributed by atoms with Crippen molar-refractivity contribution < 1.29 is 19.4 Å². The standard InChI is InChI=1S/C11H20N2O4/c1-4-17-11(16)10(15)13-7-9(14)5-8(13)6-12(2)3/h8-9,14H,4-7H2,1-3H3. The highest BCUT2D eigenvalue weighted by Gasteiger charge is 2.37. The molecular formula is C11H20N2O4. The Morgan fingerprint density at radius 3 is 2.65 bits per heavy atom. The van der Waals surface area contributed by atoms with E-state index in [9.17, 15) is 14.7 Å². The van der Waals surface area contributed by atoms with Gasteiger partial charge in [-0.25, -0.2) is 4.79 Å². The van der Waals surface area contributed by atoms with Gasteiger partial charge in [-0.3, -0.25) is 4.79 Å². The number of hydrogen-bond donors (Lipinski definition) is 1. The van der Waals surface area contributed by atoms with E-state index in [1.165, 1.54) is 4.90 Å². The number of likely N-dealkylation sites (N-methyl/N-ethyl adjacent to an activating group) is 1. The van der Waals surface area contributed by atoms with Crippen LogP contribution in [0.25, 0.3) is 0 Å². The Morgan fingerprint density at radius 1 is 1.47 bits per heavy atom. The van der Waals surface area contributed by atoms with Gasteiger partial charge in [0.1, 0.15) is 0 Å². The first-order valence-corrected chi connectivity index (χ1v) is 5.76. The molecule has 0 saturated carbocycles. The van der Waals surface area contributed by atoms with Crippen LogP contribution in [0.5, 0.6) is 0 Å². The molecule has 1 fully saturated rings. The summed E-state index contributed by atoms with van der Waals surface area (Å²) in [5, 5.41) is 9.58. The minimum atomic E-state index is -0.842. The number of esters is 1. The van der Waals surface area contributed by atoms with Gasteiger partial charge in [0.05, 0.1) is 12.7 Å². The molecule has 6 heteroatoms. The third-order valence-corrected chi connectivity index (χ3v) is 2.68. The van der Waals surface area contributed by atoms with Crippen molar-refractivity contribution in [2.24, 2.45) is 0 Å². The van der Waals surface area contributed by atoms with Crippen molar-refractivity contribution in [2.45, 2.75) is 25.5 Å². The molecule has 1 saturated heterocycles. The van der Waals surface area contributed by atoms with Crippen molar-refractivity contribution in [3.05, 3.63) is 0 Å². The first-order valence-electron chi connectivity index (χ1n) is 5.76. The normalized spacial score (nSPS) is 24.2. The van der Waals surface area contributed by atoms with Crippen molar-refractivity contribution in [3.63, 3.8) is 0 Å². The highest BCUT2D eigenvalue weighted by molar-refractivity contribution is 6.32. The predicted molar refractivity (Wildman–Crippen MR) is 61.3 cm³/mol. The molecule has 1 amide bonds. The lowest BCUT2D eigenvalue weighted by Crippen LogP contribution is -2.45. The largest absolute Gasteiger partial charge is 0.459 e. The molecule has 1 rings (SSSR count). The summed E-state index contributed by atoms with van der Waals surface area (Å²) in [4.78, 5) is 26.5. The quantitative estimate of drug-likeness (QED) is 0.513. The molecule has 6 nitrogen and oxygen atoms in total. The maximum Gasteiger partial charge on any atom is 0.397 e. The zero-order valence-corrected chi connectivity index (χ0v) is 10.5. The number of carbonyl (C=O) groups excluding carboxylic acids is 2. The number of amides is 1. The second-order valence-corrected chi connectivity index (χ2v) is 4.48. The summed E-state index contributed by atoms with van der Waals surface area (Å²) in [5.74, 6) is -1.50. The molecule has 0 aromatic heterocycles. The van der Waals surface area contributed by atoms with Gasteiger partial charge in [-0.1, -0.05) is 0 Å². The molecule has 1 aliphatic heterocycles. The highest BCUT2D eigenvalue weighted by Crippen LogP contribution is 2.18. The van der Waals surface area contributed by atoms with Crippen LogP contribution in [-0.4, -0.2) is 72.7 Å². The van der Waals surface area contributed by atoms with Crippen LogP contribution < -0.4 is 0 Å². The fourth-order valence-electron chi connectivity index (χ4n) is 2.05. The summed E-state index contributed by atoms with van der Waals surface area (Å²) in [7, 11) is 3.77. The smallest absolute Gasteiger partial charge is 0.397 e. The number of hydrogen-bond acceptors (Lipinski definition) is 5. The van der Waals surface area contributed by atoms with Crippen LogP contribution in [0.2, 0.25) is 0 Å². The fourth-order valence-corrected chi connectivity index (χ4v) is 2.05. The topological polar surface area (TPSA) is 70.1 Å². The van der Waals surface area contributed by atoms with Crippen molar-refractivity contribution in [1.82, 2.24) is 9.80 Å². The summed E-state index contributed by atoms with van der Waals surface area (Å²) >= 11 is 0. The summed E-state index contributed by atoms with van der Waals surface area (Å²) in [6, 6.07) is -0.128. The minimum absolute atomic E-state index is 0.128. The molecule has 1 heterocycles. The lowest BCUT2D eigenvalue weighted by atomic mass is 10.2. The summed E-state index contributed by atoms with van der Waals surface area (Å²) in [5.41, 5.74) is 0. The first kappa shape index (κ1) is 13.9. The summed E-state index contributed by atoms with van der Waals surface area (Å²) in [6.45, 7) is 2.67. The van der Waals surface area contributed by atoms with Crippen molar-refractivity contribution in [3.8, 4) is 0 Å². The van der Waals surface area contributed by atoms with Gasteiger partial charge in [0, 0.05) is 19.1 Å². The molecule has 17 heavy (non-hydrogen) atoms. The second kappa shape index (κ2) is 5.97. The molecule has 0 radical (unpaired) electrons. The van der Waals surface area contributed by atoms with Gasteiger partial charge in [-0.15, -0.1) is 0 Å². The molecule has 98 valence electrons. The van der Waals surface area contributed by atoms with Gasteiger partial charge < -0.3 is 19.6 Å². The Bertz CT molecular complexity index is 293. The first-order chi connectivity index (χ1) is 7.95.